The Labute approximate surface area is 154 Å². The maximum absolute atomic E-state index is 12.5. The fraction of sp³-hybridized carbons (Fsp3) is 0.0526. The summed E-state index contributed by atoms with van der Waals surface area (Å²) in [6.45, 7) is 0. The SMILES string of the molecule is O=C(OC1Oc2ccccc2N=C2C1=CC=CN2O)c1cccc(Cl)c1. The highest BCUT2D eigenvalue weighted by Crippen LogP contribution is 2.35. The van der Waals surface area contributed by atoms with E-state index in [4.69, 9.17) is 21.1 Å². The number of allylic oxidation sites excluding steroid dienone is 2. The Hall–Kier alpha value is -3.09. The number of para-hydroxylation sites is 2. The molecule has 2 aromatic rings. The van der Waals surface area contributed by atoms with Gasteiger partial charge >= 0.3 is 5.97 Å². The second kappa shape index (κ2) is 6.67. The standard InChI is InChI=1S/C19H13ClN2O4/c20-13-6-3-5-12(11-13)18(23)26-19-14-7-4-10-22(24)17(14)21-15-8-1-2-9-16(15)25-19/h1-11,19,24H. The van der Waals surface area contributed by atoms with Crippen LogP contribution in [0.1, 0.15) is 10.4 Å². The first kappa shape index (κ1) is 16.4. The van der Waals surface area contributed by atoms with Gasteiger partial charge in [-0.1, -0.05) is 29.8 Å². The summed E-state index contributed by atoms with van der Waals surface area (Å²) < 4.78 is 11.4. The fourth-order valence-corrected chi connectivity index (χ4v) is 2.81. The highest BCUT2D eigenvalue weighted by atomic mass is 35.5. The number of benzene rings is 2. The van der Waals surface area contributed by atoms with Gasteiger partial charge in [0.05, 0.1) is 11.1 Å². The van der Waals surface area contributed by atoms with Gasteiger partial charge in [0.25, 0.3) is 6.29 Å². The van der Waals surface area contributed by atoms with Crippen molar-refractivity contribution >= 4 is 29.1 Å². The number of esters is 1. The summed E-state index contributed by atoms with van der Waals surface area (Å²) in [4.78, 5) is 16.9. The quantitative estimate of drug-likeness (QED) is 0.808. The van der Waals surface area contributed by atoms with Crippen LogP contribution >= 0.6 is 11.6 Å². The number of nitrogens with zero attached hydrogens (tertiary/aromatic N) is 2. The van der Waals surface area contributed by atoms with Crippen LogP contribution in [-0.4, -0.2) is 28.4 Å². The number of rotatable bonds is 2. The molecule has 0 aromatic heterocycles. The van der Waals surface area contributed by atoms with Gasteiger partial charge in [0, 0.05) is 11.2 Å². The summed E-state index contributed by atoms with van der Waals surface area (Å²) in [5, 5.41) is 11.4. The van der Waals surface area contributed by atoms with E-state index in [1.807, 2.05) is 0 Å². The van der Waals surface area contributed by atoms with Crippen LogP contribution in [0.25, 0.3) is 0 Å². The Morgan fingerprint density at radius 2 is 2.08 bits per heavy atom. The second-order valence-corrected chi connectivity index (χ2v) is 6.01. The minimum absolute atomic E-state index is 0.223. The average molecular weight is 369 g/mol. The molecule has 26 heavy (non-hydrogen) atoms. The summed E-state index contributed by atoms with van der Waals surface area (Å²) in [6.07, 6.45) is 3.64. The van der Waals surface area contributed by atoms with Crippen molar-refractivity contribution in [2.45, 2.75) is 6.29 Å². The Bertz CT molecular complexity index is 968. The molecule has 0 radical (unpaired) electrons. The van der Waals surface area contributed by atoms with E-state index in [9.17, 15) is 10.0 Å². The van der Waals surface area contributed by atoms with Crippen LogP contribution in [0, 0.1) is 0 Å². The smallest absolute Gasteiger partial charge is 0.341 e. The summed E-state index contributed by atoms with van der Waals surface area (Å²) in [5.41, 5.74) is 1.23. The van der Waals surface area contributed by atoms with E-state index in [-0.39, 0.29) is 5.84 Å². The Kier molecular flexibility index (Phi) is 4.20. The Morgan fingerprint density at radius 1 is 1.23 bits per heavy atom. The maximum Gasteiger partial charge on any atom is 0.341 e. The predicted octanol–water partition coefficient (Wildman–Crippen LogP) is 4.09. The van der Waals surface area contributed by atoms with Crippen molar-refractivity contribution in [2.24, 2.45) is 4.99 Å². The minimum Gasteiger partial charge on any atom is -0.448 e. The molecule has 0 aliphatic carbocycles. The summed E-state index contributed by atoms with van der Waals surface area (Å²) in [5.74, 6) is 0.0603. The number of ether oxygens (including phenoxy) is 2. The summed E-state index contributed by atoms with van der Waals surface area (Å²) in [7, 11) is 0. The molecule has 4 rings (SSSR count). The number of carbonyl (C=O) groups is 1. The van der Waals surface area contributed by atoms with Gasteiger partial charge in [0.15, 0.2) is 5.84 Å². The van der Waals surface area contributed by atoms with E-state index in [0.717, 1.165) is 5.06 Å². The van der Waals surface area contributed by atoms with E-state index in [1.165, 1.54) is 12.3 Å². The third kappa shape index (κ3) is 3.08. The third-order valence-electron chi connectivity index (χ3n) is 3.83. The molecule has 2 aliphatic rings. The number of carbonyl (C=O) groups excluding carboxylic acids is 1. The van der Waals surface area contributed by atoms with Crippen LogP contribution in [-0.2, 0) is 4.74 Å². The van der Waals surface area contributed by atoms with E-state index in [2.05, 4.69) is 4.99 Å². The number of halogens is 1. The molecule has 0 bridgehead atoms. The monoisotopic (exact) mass is 368 g/mol. The minimum atomic E-state index is -1.08. The molecule has 1 atom stereocenters. The van der Waals surface area contributed by atoms with Crippen LogP contribution in [0.15, 0.2) is 77.4 Å². The van der Waals surface area contributed by atoms with Crippen LogP contribution < -0.4 is 4.74 Å². The fourth-order valence-electron chi connectivity index (χ4n) is 2.62. The molecular weight excluding hydrogens is 356 g/mol. The highest BCUT2D eigenvalue weighted by molar-refractivity contribution is 6.30. The van der Waals surface area contributed by atoms with Crippen LogP contribution in [0.5, 0.6) is 5.75 Å². The molecule has 1 unspecified atom stereocenters. The van der Waals surface area contributed by atoms with Gasteiger partial charge in [-0.25, -0.2) is 14.9 Å². The van der Waals surface area contributed by atoms with E-state index >= 15 is 0 Å². The highest BCUT2D eigenvalue weighted by Gasteiger charge is 2.32. The zero-order chi connectivity index (χ0) is 18.1. The van der Waals surface area contributed by atoms with Gasteiger partial charge < -0.3 is 9.47 Å². The lowest BCUT2D eigenvalue weighted by Crippen LogP contribution is -2.35. The van der Waals surface area contributed by atoms with Gasteiger partial charge in [-0.05, 0) is 42.5 Å². The molecule has 7 heteroatoms. The normalized spacial score (nSPS) is 17.9. The number of aliphatic imine (C=N–C) groups is 1. The molecule has 6 nitrogen and oxygen atoms in total. The molecule has 130 valence electrons. The van der Waals surface area contributed by atoms with E-state index < -0.39 is 12.3 Å². The topological polar surface area (TPSA) is 71.4 Å². The lowest BCUT2D eigenvalue weighted by atomic mass is 10.1. The van der Waals surface area contributed by atoms with Crippen molar-refractivity contribution in [3.8, 4) is 5.75 Å². The predicted molar refractivity (Wildman–Crippen MR) is 95.7 cm³/mol. The van der Waals surface area contributed by atoms with Crippen LogP contribution in [0.4, 0.5) is 5.69 Å². The van der Waals surface area contributed by atoms with Crippen molar-refractivity contribution in [3.63, 3.8) is 0 Å². The average Bonchev–Trinajstić information content (AvgIpc) is 2.79. The zero-order valence-electron chi connectivity index (χ0n) is 13.4. The maximum atomic E-state index is 12.5. The van der Waals surface area contributed by atoms with Gasteiger partial charge in [-0.15, -0.1) is 0 Å². The van der Waals surface area contributed by atoms with Gasteiger partial charge in [-0.3, -0.25) is 5.21 Å². The van der Waals surface area contributed by atoms with Crippen molar-refractivity contribution in [1.82, 2.24) is 5.06 Å². The Balaban J connectivity index is 1.71. The zero-order valence-corrected chi connectivity index (χ0v) is 14.1. The van der Waals surface area contributed by atoms with Crippen LogP contribution in [0.3, 0.4) is 0 Å². The van der Waals surface area contributed by atoms with Crippen molar-refractivity contribution < 1.29 is 19.5 Å². The molecule has 0 amide bonds. The molecule has 0 saturated carbocycles. The molecule has 0 saturated heterocycles. The lowest BCUT2D eigenvalue weighted by Gasteiger charge is -2.24. The molecule has 2 aliphatic heterocycles. The van der Waals surface area contributed by atoms with Crippen LogP contribution in [0.2, 0.25) is 5.02 Å². The molecule has 1 N–H and O–H groups in total. The lowest BCUT2D eigenvalue weighted by molar-refractivity contribution is -0.0276. The number of hydrogen-bond donors (Lipinski definition) is 1. The first-order valence-corrected chi connectivity index (χ1v) is 8.17. The van der Waals surface area contributed by atoms with Crippen molar-refractivity contribution in [1.29, 1.82) is 0 Å². The molecule has 2 heterocycles. The number of fused-ring (bicyclic) bond motifs is 2. The largest absolute Gasteiger partial charge is 0.448 e. The van der Waals surface area contributed by atoms with E-state index in [1.54, 1.807) is 54.6 Å². The van der Waals surface area contributed by atoms with Gasteiger partial charge in [0.1, 0.15) is 11.4 Å². The van der Waals surface area contributed by atoms with Gasteiger partial charge in [0.2, 0.25) is 0 Å². The molecular formula is C19H13ClN2O4. The first-order chi connectivity index (χ1) is 12.6. The number of hydrogen-bond acceptors (Lipinski definition) is 6. The van der Waals surface area contributed by atoms with E-state index in [0.29, 0.717) is 27.6 Å². The first-order valence-electron chi connectivity index (χ1n) is 7.79. The van der Waals surface area contributed by atoms with Crippen molar-refractivity contribution in [2.75, 3.05) is 0 Å². The second-order valence-electron chi connectivity index (χ2n) is 5.58. The summed E-state index contributed by atoms with van der Waals surface area (Å²) >= 11 is 5.94. The molecule has 0 spiro atoms. The third-order valence-corrected chi connectivity index (χ3v) is 4.07. The van der Waals surface area contributed by atoms with Crippen molar-refractivity contribution in [3.05, 3.63) is 83.0 Å². The number of hydroxylamine groups is 2. The summed E-state index contributed by atoms with van der Waals surface area (Å²) in [6, 6.07) is 13.5. The number of amidine groups is 1. The molecule has 0 fully saturated rings. The Morgan fingerprint density at radius 3 is 2.92 bits per heavy atom. The van der Waals surface area contributed by atoms with Gasteiger partial charge in [-0.2, -0.15) is 0 Å². The molecule has 2 aromatic carbocycles.